The average Bonchev–Trinajstić information content (AvgIpc) is 2.60. The van der Waals surface area contributed by atoms with Crippen molar-refractivity contribution in [2.24, 2.45) is 0 Å². The number of carbonyl (C=O) groups is 1. The number of amides is 1. The predicted octanol–water partition coefficient (Wildman–Crippen LogP) is 2.66. The van der Waals surface area contributed by atoms with E-state index in [0.717, 1.165) is 5.56 Å². The fourth-order valence-electron chi connectivity index (χ4n) is 2.87. The Morgan fingerprint density at radius 2 is 2.04 bits per heavy atom. The first kappa shape index (κ1) is 23.8. The molecule has 1 atom stereocenters. The molecule has 1 aromatic carbocycles. The van der Waals surface area contributed by atoms with E-state index in [4.69, 9.17) is 16.3 Å². The van der Waals surface area contributed by atoms with E-state index in [1.165, 1.54) is 12.0 Å². The van der Waals surface area contributed by atoms with Crippen molar-refractivity contribution < 1.29 is 22.7 Å². The maximum atomic E-state index is 13.3. The van der Waals surface area contributed by atoms with E-state index >= 15 is 0 Å². The highest BCUT2D eigenvalue weighted by Crippen LogP contribution is 2.26. The molecule has 10 heteroatoms. The van der Waals surface area contributed by atoms with Crippen LogP contribution in [0.25, 0.3) is 0 Å². The molecular formula is C17H24Cl2F3N3O2. The van der Waals surface area contributed by atoms with E-state index < -0.39 is 24.7 Å². The molecule has 0 spiro atoms. The van der Waals surface area contributed by atoms with Gasteiger partial charge in [0.15, 0.2) is 0 Å². The zero-order valence-electron chi connectivity index (χ0n) is 14.9. The van der Waals surface area contributed by atoms with Gasteiger partial charge in [-0.25, -0.2) is 0 Å². The smallest absolute Gasteiger partial charge is 0.405 e. The lowest BCUT2D eigenvalue weighted by atomic mass is 10.1. The highest BCUT2D eigenvalue weighted by Gasteiger charge is 2.43. The van der Waals surface area contributed by atoms with Gasteiger partial charge >= 0.3 is 6.18 Å². The summed E-state index contributed by atoms with van der Waals surface area (Å²) in [5.41, 5.74) is 0.820. The molecule has 27 heavy (non-hydrogen) atoms. The molecule has 1 saturated heterocycles. The van der Waals surface area contributed by atoms with Gasteiger partial charge in [-0.1, -0.05) is 17.7 Å². The molecule has 1 unspecified atom stereocenters. The lowest BCUT2D eigenvalue weighted by molar-refractivity contribution is -0.184. The van der Waals surface area contributed by atoms with Crippen LogP contribution < -0.4 is 15.4 Å². The Bertz CT molecular complexity index is 612. The molecule has 5 nitrogen and oxygen atoms in total. The molecule has 1 aliphatic heterocycles. The Morgan fingerprint density at radius 1 is 1.37 bits per heavy atom. The average molecular weight is 430 g/mol. The number of hydrogen-bond donors (Lipinski definition) is 2. The van der Waals surface area contributed by atoms with Crippen molar-refractivity contribution in [3.63, 3.8) is 0 Å². The summed E-state index contributed by atoms with van der Waals surface area (Å²) in [5.74, 6) is 0.116. The monoisotopic (exact) mass is 429 g/mol. The molecule has 2 N–H and O–H groups in total. The lowest BCUT2D eigenvalue weighted by Crippen LogP contribution is -2.57. The summed E-state index contributed by atoms with van der Waals surface area (Å²) in [6.07, 6.45) is -3.90. The van der Waals surface area contributed by atoms with Crippen molar-refractivity contribution in [3.05, 3.63) is 28.8 Å². The van der Waals surface area contributed by atoms with Crippen molar-refractivity contribution in [1.82, 2.24) is 15.5 Å². The molecule has 0 saturated carbocycles. The largest absolute Gasteiger partial charge is 0.495 e. The van der Waals surface area contributed by atoms with Gasteiger partial charge in [-0.3, -0.25) is 9.69 Å². The van der Waals surface area contributed by atoms with Crippen LogP contribution in [0.4, 0.5) is 13.2 Å². The molecular weight excluding hydrogens is 406 g/mol. The summed E-state index contributed by atoms with van der Waals surface area (Å²) in [5, 5.41) is 5.87. The second kappa shape index (κ2) is 10.9. The minimum absolute atomic E-state index is 0. The van der Waals surface area contributed by atoms with Gasteiger partial charge in [0.2, 0.25) is 5.91 Å². The third-order valence-electron chi connectivity index (χ3n) is 4.32. The summed E-state index contributed by atoms with van der Waals surface area (Å²) in [6, 6.07) is 3.49. The SMILES string of the molecule is COc1ccc(CCC(=O)NCC(N2CCNCC2)C(F)(F)F)cc1Cl.Cl. The number of rotatable bonds is 7. The topological polar surface area (TPSA) is 53.6 Å². The van der Waals surface area contributed by atoms with Crippen LogP contribution in [-0.4, -0.2) is 62.9 Å². The van der Waals surface area contributed by atoms with Gasteiger partial charge in [0, 0.05) is 39.1 Å². The molecule has 0 radical (unpaired) electrons. The number of aryl methyl sites for hydroxylation is 1. The fraction of sp³-hybridized carbons (Fsp3) is 0.588. The summed E-state index contributed by atoms with van der Waals surface area (Å²) in [4.78, 5) is 13.3. The molecule has 1 fully saturated rings. The van der Waals surface area contributed by atoms with Crippen molar-refractivity contribution >= 4 is 29.9 Å². The third kappa shape index (κ3) is 7.37. The van der Waals surface area contributed by atoms with Gasteiger partial charge in [-0.05, 0) is 24.1 Å². The summed E-state index contributed by atoms with van der Waals surface area (Å²) >= 11 is 6.02. The Kier molecular flexibility index (Phi) is 9.66. The second-order valence-corrected chi connectivity index (χ2v) is 6.52. The molecule has 1 aliphatic rings. The van der Waals surface area contributed by atoms with Gasteiger partial charge in [0.1, 0.15) is 11.8 Å². The molecule has 154 valence electrons. The van der Waals surface area contributed by atoms with Crippen molar-refractivity contribution in [1.29, 1.82) is 0 Å². The van der Waals surface area contributed by atoms with E-state index in [9.17, 15) is 18.0 Å². The number of nitrogens with zero attached hydrogens (tertiary/aromatic N) is 1. The molecule has 1 aromatic rings. The molecule has 0 bridgehead atoms. The number of ether oxygens (including phenoxy) is 1. The Hall–Kier alpha value is -1.22. The Morgan fingerprint density at radius 3 is 2.59 bits per heavy atom. The van der Waals surface area contributed by atoms with E-state index in [1.807, 2.05) is 0 Å². The number of hydrogen-bond acceptors (Lipinski definition) is 4. The van der Waals surface area contributed by atoms with Crippen molar-refractivity contribution in [2.75, 3.05) is 39.8 Å². The summed E-state index contributed by atoms with van der Waals surface area (Å²) in [7, 11) is 1.50. The first-order valence-electron chi connectivity index (χ1n) is 8.42. The van der Waals surface area contributed by atoms with Crippen LogP contribution in [0.5, 0.6) is 5.75 Å². The zero-order valence-corrected chi connectivity index (χ0v) is 16.5. The number of alkyl halides is 3. The van der Waals surface area contributed by atoms with E-state index in [-0.39, 0.29) is 18.8 Å². The number of piperazine rings is 1. The molecule has 1 heterocycles. The number of methoxy groups -OCH3 is 1. The van der Waals surface area contributed by atoms with Crippen LogP contribution in [-0.2, 0) is 11.2 Å². The fourth-order valence-corrected chi connectivity index (χ4v) is 3.15. The zero-order chi connectivity index (χ0) is 19.2. The van der Waals surface area contributed by atoms with E-state index in [1.54, 1.807) is 18.2 Å². The highest BCUT2D eigenvalue weighted by molar-refractivity contribution is 6.32. The maximum absolute atomic E-state index is 13.3. The number of nitrogens with one attached hydrogen (secondary N) is 2. The van der Waals surface area contributed by atoms with Crippen LogP contribution in [0.3, 0.4) is 0 Å². The Balaban J connectivity index is 0.00000364. The van der Waals surface area contributed by atoms with Crippen molar-refractivity contribution in [2.45, 2.75) is 25.1 Å². The first-order valence-corrected chi connectivity index (χ1v) is 8.79. The standard InChI is InChI=1S/C17H23ClF3N3O2.ClH/c1-26-14-4-2-12(10-13(14)18)3-5-16(25)23-11-15(17(19,20)21)24-8-6-22-7-9-24;/h2,4,10,15,22H,3,5-9,11H2,1H3,(H,23,25);1H. The van der Waals surface area contributed by atoms with Gasteiger partial charge < -0.3 is 15.4 Å². The Labute approximate surface area is 168 Å². The minimum Gasteiger partial charge on any atom is -0.495 e. The van der Waals surface area contributed by atoms with Crippen LogP contribution in [0, 0.1) is 0 Å². The molecule has 0 aliphatic carbocycles. The van der Waals surface area contributed by atoms with E-state index in [2.05, 4.69) is 10.6 Å². The van der Waals surface area contributed by atoms with Crippen molar-refractivity contribution in [3.8, 4) is 5.75 Å². The van der Waals surface area contributed by atoms with Gasteiger partial charge in [0.25, 0.3) is 0 Å². The van der Waals surface area contributed by atoms with Gasteiger partial charge in [0.05, 0.1) is 12.1 Å². The van der Waals surface area contributed by atoms with Gasteiger partial charge in [-0.2, -0.15) is 13.2 Å². The quantitative estimate of drug-likeness (QED) is 0.699. The van der Waals surface area contributed by atoms with E-state index in [0.29, 0.717) is 43.4 Å². The van der Waals surface area contributed by atoms with Crippen LogP contribution in [0.15, 0.2) is 18.2 Å². The van der Waals surface area contributed by atoms with Gasteiger partial charge in [-0.15, -0.1) is 12.4 Å². The molecule has 0 aromatic heterocycles. The number of benzene rings is 1. The molecule has 2 rings (SSSR count). The normalized spacial score (nSPS) is 16.3. The number of carbonyl (C=O) groups excluding carboxylic acids is 1. The predicted molar refractivity (Wildman–Crippen MR) is 101 cm³/mol. The first-order chi connectivity index (χ1) is 12.3. The van der Waals surface area contributed by atoms with Crippen LogP contribution >= 0.6 is 24.0 Å². The van der Waals surface area contributed by atoms with Crippen LogP contribution in [0.1, 0.15) is 12.0 Å². The lowest BCUT2D eigenvalue weighted by Gasteiger charge is -2.35. The highest BCUT2D eigenvalue weighted by atomic mass is 35.5. The van der Waals surface area contributed by atoms with Crippen LogP contribution in [0.2, 0.25) is 5.02 Å². The maximum Gasteiger partial charge on any atom is 0.405 e. The minimum atomic E-state index is -4.38. The summed E-state index contributed by atoms with van der Waals surface area (Å²) in [6.45, 7) is 1.21. The third-order valence-corrected chi connectivity index (χ3v) is 4.62. The summed E-state index contributed by atoms with van der Waals surface area (Å²) < 4.78 is 44.9. The molecule has 1 amide bonds. The second-order valence-electron chi connectivity index (χ2n) is 6.12. The number of halogens is 5.